The summed E-state index contributed by atoms with van der Waals surface area (Å²) >= 11 is 0. The van der Waals surface area contributed by atoms with E-state index < -0.39 is 0 Å². The highest BCUT2D eigenvalue weighted by Gasteiger charge is 2.11. The predicted octanol–water partition coefficient (Wildman–Crippen LogP) is 4.68. The molecule has 0 bridgehead atoms. The maximum atomic E-state index is 5.98. The lowest BCUT2D eigenvalue weighted by atomic mass is 9.91. The second kappa shape index (κ2) is 7.70. The van der Waals surface area contributed by atoms with Gasteiger partial charge in [-0.25, -0.2) is 0 Å². The fourth-order valence-corrected chi connectivity index (χ4v) is 2.66. The zero-order chi connectivity index (χ0) is 16.8. The molecule has 3 rings (SSSR count). The molecule has 0 aliphatic carbocycles. The van der Waals surface area contributed by atoms with Gasteiger partial charge in [-0.3, -0.25) is 0 Å². The van der Waals surface area contributed by atoms with Crippen LogP contribution in [0, 0.1) is 0 Å². The van der Waals surface area contributed by atoms with Crippen molar-refractivity contribution >= 4 is 5.69 Å². The molecule has 1 heterocycles. The van der Waals surface area contributed by atoms with E-state index in [-0.39, 0.29) is 5.92 Å². The van der Waals surface area contributed by atoms with Crippen molar-refractivity contribution in [2.45, 2.75) is 12.8 Å². The van der Waals surface area contributed by atoms with Gasteiger partial charge < -0.3 is 10.5 Å². The number of rotatable bonds is 5. The van der Waals surface area contributed by atoms with Gasteiger partial charge in [0.15, 0.2) is 0 Å². The minimum atomic E-state index is 0.195. The van der Waals surface area contributed by atoms with E-state index in [4.69, 9.17) is 10.5 Å². The number of hydrogen-bond donors (Lipinski definition) is 1. The van der Waals surface area contributed by atoms with E-state index >= 15 is 0 Å². The summed E-state index contributed by atoms with van der Waals surface area (Å²) in [6.45, 7) is 3.13. The Hall–Kier alpha value is -2.72. The van der Waals surface area contributed by atoms with Crippen molar-refractivity contribution in [3.8, 4) is 0 Å². The van der Waals surface area contributed by atoms with E-state index in [2.05, 4.69) is 34.5 Å². The van der Waals surface area contributed by atoms with E-state index in [0.717, 1.165) is 17.0 Å². The molecule has 0 amide bonds. The van der Waals surface area contributed by atoms with Crippen molar-refractivity contribution in [2.75, 3.05) is 13.2 Å². The first-order chi connectivity index (χ1) is 11.8. The molecule has 2 aromatic rings. The van der Waals surface area contributed by atoms with Gasteiger partial charge in [0.05, 0.1) is 17.6 Å². The first-order valence-electron chi connectivity index (χ1n) is 8.02. The molecular formula is C20H21N3O. The molecule has 1 aliphatic heterocycles. The summed E-state index contributed by atoms with van der Waals surface area (Å²) in [5, 5.41) is 8.61. The van der Waals surface area contributed by atoms with Crippen LogP contribution in [0.25, 0.3) is 0 Å². The SMILES string of the molecule is CC1=C(N=Nc2ccc(C(CN)c3ccccc3)cc2)C=COC1. The third kappa shape index (κ3) is 3.78. The first-order valence-corrected chi connectivity index (χ1v) is 8.02. The molecule has 1 atom stereocenters. The summed E-state index contributed by atoms with van der Waals surface area (Å²) < 4.78 is 5.21. The molecule has 2 aromatic carbocycles. The average molecular weight is 319 g/mol. The Morgan fingerprint density at radius 1 is 1.00 bits per heavy atom. The minimum absolute atomic E-state index is 0.195. The number of hydrogen-bond acceptors (Lipinski definition) is 4. The largest absolute Gasteiger partial charge is 0.497 e. The van der Waals surface area contributed by atoms with Crippen molar-refractivity contribution < 1.29 is 4.74 Å². The number of ether oxygens (including phenoxy) is 1. The second-order valence-electron chi connectivity index (χ2n) is 5.77. The Labute approximate surface area is 142 Å². The summed E-state index contributed by atoms with van der Waals surface area (Å²) in [4.78, 5) is 0. The molecule has 4 nitrogen and oxygen atoms in total. The fraction of sp³-hybridized carbons (Fsp3) is 0.200. The van der Waals surface area contributed by atoms with Gasteiger partial charge in [-0.1, -0.05) is 42.5 Å². The molecule has 1 unspecified atom stereocenters. The summed E-state index contributed by atoms with van der Waals surface area (Å²) in [6.07, 6.45) is 3.48. The quantitative estimate of drug-likeness (QED) is 0.813. The molecule has 0 saturated carbocycles. The van der Waals surface area contributed by atoms with Gasteiger partial charge in [-0.05, 0) is 35.8 Å². The van der Waals surface area contributed by atoms with Gasteiger partial charge in [0.2, 0.25) is 0 Å². The van der Waals surface area contributed by atoms with Crippen molar-refractivity contribution in [2.24, 2.45) is 16.0 Å². The van der Waals surface area contributed by atoms with Crippen molar-refractivity contribution in [3.63, 3.8) is 0 Å². The lowest BCUT2D eigenvalue weighted by Gasteiger charge is -2.15. The van der Waals surface area contributed by atoms with Crippen LogP contribution in [0.5, 0.6) is 0 Å². The molecular weight excluding hydrogens is 298 g/mol. The van der Waals surface area contributed by atoms with Crippen molar-refractivity contribution in [3.05, 3.63) is 89.3 Å². The van der Waals surface area contributed by atoms with Gasteiger partial charge in [-0.2, -0.15) is 10.2 Å². The third-order valence-corrected chi connectivity index (χ3v) is 4.07. The summed E-state index contributed by atoms with van der Waals surface area (Å²) in [6, 6.07) is 18.4. The molecule has 0 fully saturated rings. The van der Waals surface area contributed by atoms with Crippen LogP contribution in [0.4, 0.5) is 5.69 Å². The highest BCUT2D eigenvalue weighted by molar-refractivity contribution is 5.42. The van der Waals surface area contributed by atoms with Gasteiger partial charge in [0.25, 0.3) is 0 Å². The van der Waals surface area contributed by atoms with Gasteiger partial charge in [0, 0.05) is 18.5 Å². The van der Waals surface area contributed by atoms with E-state index in [1.807, 2.05) is 43.3 Å². The molecule has 122 valence electrons. The molecule has 4 heteroatoms. The van der Waals surface area contributed by atoms with Crippen LogP contribution in [0.3, 0.4) is 0 Å². The van der Waals surface area contributed by atoms with E-state index in [9.17, 15) is 0 Å². The predicted molar refractivity (Wildman–Crippen MR) is 96.1 cm³/mol. The van der Waals surface area contributed by atoms with Gasteiger partial charge in [-0.15, -0.1) is 0 Å². The Morgan fingerprint density at radius 2 is 1.71 bits per heavy atom. The van der Waals surface area contributed by atoms with Crippen molar-refractivity contribution in [1.29, 1.82) is 0 Å². The Kier molecular flexibility index (Phi) is 5.18. The molecule has 2 N–H and O–H groups in total. The Bertz CT molecular complexity index is 761. The highest BCUT2D eigenvalue weighted by atomic mass is 16.5. The maximum Gasteiger partial charge on any atom is 0.111 e. The normalized spacial score (nSPS) is 15.6. The lowest BCUT2D eigenvalue weighted by Crippen LogP contribution is -2.13. The van der Waals surface area contributed by atoms with E-state index in [1.165, 1.54) is 11.1 Å². The minimum Gasteiger partial charge on any atom is -0.497 e. The zero-order valence-electron chi connectivity index (χ0n) is 13.7. The second-order valence-corrected chi connectivity index (χ2v) is 5.77. The molecule has 1 aliphatic rings. The van der Waals surface area contributed by atoms with Crippen LogP contribution < -0.4 is 5.73 Å². The van der Waals surface area contributed by atoms with Crippen LogP contribution in [0.1, 0.15) is 24.0 Å². The third-order valence-electron chi connectivity index (χ3n) is 4.07. The lowest BCUT2D eigenvalue weighted by molar-refractivity contribution is 0.273. The Balaban J connectivity index is 1.77. The average Bonchev–Trinajstić information content (AvgIpc) is 2.64. The van der Waals surface area contributed by atoms with Crippen LogP contribution in [-0.2, 0) is 4.74 Å². The van der Waals surface area contributed by atoms with Gasteiger partial charge in [0.1, 0.15) is 6.61 Å². The number of benzene rings is 2. The monoisotopic (exact) mass is 319 g/mol. The summed E-state index contributed by atoms with van der Waals surface area (Å²) in [5.41, 5.74) is 11.1. The fourth-order valence-electron chi connectivity index (χ4n) is 2.66. The zero-order valence-corrected chi connectivity index (χ0v) is 13.7. The maximum absolute atomic E-state index is 5.98. The van der Waals surface area contributed by atoms with E-state index in [1.54, 1.807) is 6.26 Å². The van der Waals surface area contributed by atoms with Crippen LogP contribution in [-0.4, -0.2) is 13.2 Å². The van der Waals surface area contributed by atoms with Crippen molar-refractivity contribution in [1.82, 2.24) is 0 Å². The van der Waals surface area contributed by atoms with Gasteiger partial charge >= 0.3 is 0 Å². The summed E-state index contributed by atoms with van der Waals surface area (Å²) in [5.74, 6) is 0.195. The topological polar surface area (TPSA) is 60.0 Å². The smallest absolute Gasteiger partial charge is 0.111 e. The highest BCUT2D eigenvalue weighted by Crippen LogP contribution is 2.26. The molecule has 0 saturated heterocycles. The summed E-state index contributed by atoms with van der Waals surface area (Å²) in [7, 11) is 0. The van der Waals surface area contributed by atoms with Crippen LogP contribution in [0.2, 0.25) is 0 Å². The number of allylic oxidation sites excluding steroid dienone is 1. The number of azo groups is 1. The van der Waals surface area contributed by atoms with Crippen LogP contribution in [0.15, 0.2) is 88.4 Å². The first kappa shape index (κ1) is 16.1. The molecule has 0 radical (unpaired) electrons. The standard InChI is InChI=1S/C20H21N3O/c1-15-14-24-12-11-20(15)23-22-18-9-7-17(8-10-18)19(13-21)16-5-3-2-4-6-16/h2-12,19H,13-14,21H2,1H3. The molecule has 0 spiro atoms. The molecule has 24 heavy (non-hydrogen) atoms. The van der Waals surface area contributed by atoms with E-state index in [0.29, 0.717) is 13.2 Å². The Morgan fingerprint density at radius 3 is 2.38 bits per heavy atom. The molecule has 0 aromatic heterocycles. The van der Waals surface area contributed by atoms with Crippen LogP contribution >= 0.6 is 0 Å². The number of nitrogens with zero attached hydrogens (tertiary/aromatic N) is 2. The number of nitrogens with two attached hydrogens (primary N) is 1.